The Morgan fingerprint density at radius 3 is 1.89 bits per heavy atom. The van der Waals surface area contributed by atoms with Gasteiger partial charge in [0.05, 0.1) is 45.6 Å². The van der Waals surface area contributed by atoms with E-state index in [1.807, 2.05) is 120 Å². The van der Waals surface area contributed by atoms with Gasteiger partial charge in [0.1, 0.15) is 5.82 Å². The van der Waals surface area contributed by atoms with Crippen molar-refractivity contribution in [3.05, 3.63) is 241 Å². The molecule has 1 unspecified atom stereocenters. The van der Waals surface area contributed by atoms with Crippen LogP contribution in [0.2, 0.25) is 0 Å². The van der Waals surface area contributed by atoms with Crippen molar-refractivity contribution in [1.29, 1.82) is 0 Å². The maximum Gasteiger partial charge on any atom is 0.268 e. The third-order valence-corrected chi connectivity index (χ3v) is 15.2. The van der Waals surface area contributed by atoms with Crippen molar-refractivity contribution in [2.24, 2.45) is 5.41 Å². The largest absolute Gasteiger partial charge is 0.510 e. The molecule has 9 aromatic carbocycles. The minimum Gasteiger partial charge on any atom is -0.510 e. The van der Waals surface area contributed by atoms with E-state index in [2.05, 4.69) is 78.2 Å². The first-order valence-electron chi connectivity index (χ1n) is 33.7. The molecular weight excluding hydrogens is 1170 g/mol. The summed E-state index contributed by atoms with van der Waals surface area (Å²) in [5, 5.41) is 1.22. The summed E-state index contributed by atoms with van der Waals surface area (Å²) in [7, 11) is 0. The molecule has 6 nitrogen and oxygen atoms in total. The molecule has 1 atom stereocenters. The van der Waals surface area contributed by atoms with Crippen LogP contribution in [0.15, 0.2) is 206 Å². The van der Waals surface area contributed by atoms with Crippen LogP contribution in [0, 0.1) is 23.9 Å². The number of ether oxygens (including phenoxy) is 1. The predicted molar refractivity (Wildman–Crippen MR) is 330 cm³/mol. The van der Waals surface area contributed by atoms with Crippen LogP contribution in [0.3, 0.4) is 0 Å². The Kier molecular flexibility index (Phi) is 9.83. The number of imidazole rings is 1. The van der Waals surface area contributed by atoms with Crippen molar-refractivity contribution in [2.75, 3.05) is 0 Å². The van der Waals surface area contributed by atoms with Crippen LogP contribution in [0.25, 0.3) is 99.8 Å². The molecule has 0 spiro atoms. The summed E-state index contributed by atoms with van der Waals surface area (Å²) in [5.41, 5.74) is 7.93. The predicted octanol–water partition coefficient (Wildman–Crippen LogP) is 18.8. The van der Waals surface area contributed by atoms with Crippen molar-refractivity contribution in [3.63, 3.8) is 0 Å². The van der Waals surface area contributed by atoms with Gasteiger partial charge in [-0.05, 0) is 115 Å². The number of nitrogens with zero attached hydrogens (tertiary/aromatic N) is 5. The van der Waals surface area contributed by atoms with Gasteiger partial charge in [-0.25, -0.2) is 4.98 Å². The summed E-state index contributed by atoms with van der Waals surface area (Å²) in [4.78, 5) is 4.90. The fourth-order valence-electron chi connectivity index (χ4n) is 10.6. The van der Waals surface area contributed by atoms with E-state index < -0.39 is 77.8 Å². The maximum atomic E-state index is 9.62. The molecule has 0 amide bonds. The Labute approximate surface area is 509 Å². The Morgan fingerprint density at radius 1 is 0.556 bits per heavy atom. The molecule has 7 heteroatoms. The topological polar surface area (TPSA) is 40.8 Å². The van der Waals surface area contributed by atoms with Crippen molar-refractivity contribution < 1.29 is 49.6 Å². The van der Waals surface area contributed by atoms with Gasteiger partial charge in [-0.3, -0.25) is 4.57 Å². The SMILES string of the molecule is [2H]c1c([2H])c([2H])c(-c2cccc(-c3cc(C(C)(C)C)cc(C(C)(C)C)c3)c2-[n+]2[c-]n(-c3[c-]c(Oc4[c-]c5c(cc4)c4cc(-n6c7c([2H])c([2H])c([2H])c([2H])c7c7c([2H])c([2H])c([2H])c([2H])c76)ccc4n5-c4cc(C([2H])(C)C(C)(C)C)ccn4)ccc3)c3ccccc32)c([2H])c1[2H].[Pt]. The first-order valence-corrected chi connectivity index (χ1v) is 26.7. The molecule has 13 rings (SSSR count). The van der Waals surface area contributed by atoms with Gasteiger partial charge in [0, 0.05) is 62.1 Å². The zero-order valence-corrected chi connectivity index (χ0v) is 48.9. The fraction of sp³-hybridized carbons (Fsp3) is 0.189. The minimum absolute atomic E-state index is 0. The Hall–Kier alpha value is -8.31. The molecule has 4 aromatic heterocycles. The van der Waals surface area contributed by atoms with Crippen molar-refractivity contribution in [2.45, 2.75) is 86.0 Å². The number of pyridine rings is 1. The second-order valence-electron chi connectivity index (χ2n) is 23.4. The quantitative estimate of drug-likeness (QED) is 0.107. The van der Waals surface area contributed by atoms with Crippen LogP contribution in [-0.2, 0) is 31.9 Å². The van der Waals surface area contributed by atoms with E-state index in [4.69, 9.17) is 22.1 Å². The van der Waals surface area contributed by atoms with Gasteiger partial charge < -0.3 is 18.4 Å². The first kappa shape index (κ1) is 39.1. The van der Waals surface area contributed by atoms with Gasteiger partial charge in [0.2, 0.25) is 0 Å². The van der Waals surface area contributed by atoms with E-state index in [0.717, 1.165) is 22.3 Å². The molecule has 0 N–H and O–H groups in total. The average Bonchev–Trinajstić information content (AvgIpc) is 1.55. The third kappa shape index (κ3) is 9.57. The second-order valence-corrected chi connectivity index (χ2v) is 23.4. The smallest absolute Gasteiger partial charge is 0.268 e. The van der Waals surface area contributed by atoms with E-state index in [0.29, 0.717) is 72.6 Å². The van der Waals surface area contributed by atoms with E-state index in [-0.39, 0.29) is 77.1 Å². The van der Waals surface area contributed by atoms with Gasteiger partial charge in [0.25, 0.3) is 6.33 Å². The van der Waals surface area contributed by atoms with Crippen LogP contribution >= 0.6 is 0 Å². The van der Waals surface area contributed by atoms with E-state index in [1.54, 1.807) is 30.5 Å². The standard InChI is InChI=1S/C74H65N5O.Pt/c1-48(72(2,3)4)50-38-39-75-70(42-50)79-66-37-34-55(78-64-30-16-14-26-60(64)61-27-15-17-31-65(61)78)45-63(66)62-36-35-57(46-69(62)79)80-56-25-20-24-54(44-56)76-47-77(68-33-19-18-32-67(68)76)71-58(49-22-12-11-13-23-49)28-21-29-59(71)51-40-52(73(5,6)7)43-53(41-51)74(8,9)10;/h11-43,45,48H,1-10H3;/q-2;/i11D,12D,13D,14D,15D,16D,17D,22D,23D,26D,27D,30D,31D,48D;. The molecule has 13 aromatic rings. The van der Waals surface area contributed by atoms with E-state index >= 15 is 0 Å². The zero-order valence-electron chi connectivity index (χ0n) is 60.6. The summed E-state index contributed by atoms with van der Waals surface area (Å²) >= 11 is 0. The van der Waals surface area contributed by atoms with Gasteiger partial charge >= 0.3 is 0 Å². The second kappa shape index (κ2) is 20.3. The Bertz CT molecular complexity index is 5260. The molecule has 0 aliphatic heterocycles. The Balaban J connectivity index is 0.00000864. The molecule has 81 heavy (non-hydrogen) atoms. The average molecular weight is 1250 g/mol. The summed E-state index contributed by atoms with van der Waals surface area (Å²) in [6.45, 7) is 20.9. The molecular formula is C74H65N5OPt-2. The monoisotopic (exact) mass is 1250 g/mol. The number of para-hydroxylation sites is 5. The van der Waals surface area contributed by atoms with Crippen molar-refractivity contribution in [3.8, 4) is 56.6 Å². The van der Waals surface area contributed by atoms with Gasteiger partial charge in [-0.15, -0.1) is 29.7 Å². The summed E-state index contributed by atoms with van der Waals surface area (Å²) in [6.07, 6.45) is 5.30. The number of rotatable bonds is 9. The summed E-state index contributed by atoms with van der Waals surface area (Å²) < 4.78 is 139. The van der Waals surface area contributed by atoms with Gasteiger partial charge in [0.15, 0.2) is 0 Å². The zero-order chi connectivity index (χ0) is 67.5. The number of hydrogen-bond donors (Lipinski definition) is 0. The molecule has 0 bridgehead atoms. The van der Waals surface area contributed by atoms with Crippen molar-refractivity contribution >= 4 is 54.6 Å². The molecule has 0 saturated carbocycles. The molecule has 4 heterocycles. The van der Waals surface area contributed by atoms with Gasteiger partial charge in [-0.2, -0.15) is 18.2 Å². The number of benzene rings is 9. The molecule has 0 aliphatic rings. The Morgan fingerprint density at radius 2 is 1.20 bits per heavy atom. The van der Waals surface area contributed by atoms with Crippen molar-refractivity contribution in [1.82, 2.24) is 18.7 Å². The number of fused-ring (bicyclic) bond motifs is 7. The van der Waals surface area contributed by atoms with E-state index in [1.165, 1.54) is 4.57 Å². The molecule has 0 radical (unpaired) electrons. The summed E-state index contributed by atoms with van der Waals surface area (Å²) in [6, 6.07) is 39.3. The number of hydrogen-bond acceptors (Lipinski definition) is 2. The maximum absolute atomic E-state index is 9.62. The van der Waals surface area contributed by atoms with Crippen LogP contribution in [0.4, 0.5) is 0 Å². The van der Waals surface area contributed by atoms with Crippen LogP contribution in [0.5, 0.6) is 11.5 Å². The summed E-state index contributed by atoms with van der Waals surface area (Å²) in [5.74, 6) is -0.0125. The molecule has 0 fully saturated rings. The van der Waals surface area contributed by atoms with E-state index in [9.17, 15) is 6.85 Å². The molecule has 0 saturated heterocycles. The third-order valence-electron chi connectivity index (χ3n) is 15.2. The van der Waals surface area contributed by atoms with Crippen LogP contribution < -0.4 is 9.30 Å². The first-order chi connectivity index (χ1) is 44.2. The minimum atomic E-state index is -1.07. The normalized spacial score (nSPS) is 15.5. The number of aromatic nitrogens is 5. The molecule has 0 aliphatic carbocycles. The van der Waals surface area contributed by atoms with Gasteiger partial charge in [-0.1, -0.05) is 202 Å². The fourth-order valence-corrected chi connectivity index (χ4v) is 10.6. The van der Waals surface area contributed by atoms with Crippen LogP contribution in [-0.4, -0.2) is 18.7 Å². The molecule has 404 valence electrons. The van der Waals surface area contributed by atoms with Crippen LogP contribution in [0.1, 0.15) is 111 Å².